The Morgan fingerprint density at radius 3 is 2.70 bits per heavy atom. The average molecular weight is 488 g/mol. The second-order valence-electron chi connectivity index (χ2n) is 8.68. The molecule has 1 saturated carbocycles. The third-order valence-corrected chi connectivity index (χ3v) is 5.96. The Morgan fingerprint density at radius 1 is 1.19 bits per heavy atom. The predicted molar refractivity (Wildman–Crippen MR) is 122 cm³/mol. The monoisotopic (exact) mass is 488 g/mol. The van der Waals surface area contributed by atoms with Crippen LogP contribution in [0.2, 0.25) is 0 Å². The van der Waals surface area contributed by atoms with Gasteiger partial charge in [-0.05, 0) is 50.4 Å². The molecule has 2 N–H and O–H groups in total. The van der Waals surface area contributed by atoms with Crippen molar-refractivity contribution >= 4 is 29.9 Å². The smallest absolute Gasteiger partial charge is 0.191 e. The molecule has 0 unspecified atom stereocenters. The van der Waals surface area contributed by atoms with Crippen molar-refractivity contribution in [2.45, 2.75) is 90.6 Å². The number of hydrogen-bond acceptors (Lipinski definition) is 3. The van der Waals surface area contributed by atoms with Crippen LogP contribution in [0.1, 0.15) is 76.9 Å². The second-order valence-corrected chi connectivity index (χ2v) is 8.68. The molecule has 27 heavy (non-hydrogen) atoms. The van der Waals surface area contributed by atoms with E-state index in [2.05, 4.69) is 44.2 Å². The van der Waals surface area contributed by atoms with Gasteiger partial charge in [-0.25, -0.2) is 0 Å². The summed E-state index contributed by atoms with van der Waals surface area (Å²) >= 11 is 0. The van der Waals surface area contributed by atoms with Gasteiger partial charge in [-0.15, -0.1) is 34.2 Å². The molecule has 2 heterocycles. The van der Waals surface area contributed by atoms with E-state index in [0.717, 1.165) is 44.1 Å². The highest BCUT2D eigenvalue weighted by molar-refractivity contribution is 14.0. The summed E-state index contributed by atoms with van der Waals surface area (Å²) in [6.45, 7) is 6.76. The van der Waals surface area contributed by atoms with Gasteiger partial charge in [0, 0.05) is 39.0 Å². The van der Waals surface area contributed by atoms with E-state index in [4.69, 9.17) is 0 Å². The Hall–Kier alpha value is -0.860. The lowest BCUT2D eigenvalue weighted by molar-refractivity contribution is 0.216. The lowest BCUT2D eigenvalue weighted by atomic mass is 9.75. The van der Waals surface area contributed by atoms with E-state index in [1.165, 1.54) is 50.8 Å². The van der Waals surface area contributed by atoms with Crippen LogP contribution in [0.5, 0.6) is 0 Å². The van der Waals surface area contributed by atoms with Crippen LogP contribution in [0.3, 0.4) is 0 Å². The first-order chi connectivity index (χ1) is 12.6. The molecule has 0 atom stereocenters. The van der Waals surface area contributed by atoms with E-state index < -0.39 is 0 Å². The van der Waals surface area contributed by atoms with Crippen molar-refractivity contribution in [2.24, 2.45) is 10.4 Å². The zero-order valence-electron chi connectivity index (χ0n) is 17.3. The molecule has 1 aromatic rings. The van der Waals surface area contributed by atoms with Crippen molar-refractivity contribution in [2.75, 3.05) is 13.6 Å². The topological polar surface area (TPSA) is 67.1 Å². The van der Waals surface area contributed by atoms with E-state index in [1.807, 2.05) is 7.05 Å². The van der Waals surface area contributed by atoms with Gasteiger partial charge in [0.05, 0.1) is 0 Å². The normalized spacial score (nSPS) is 20.3. The van der Waals surface area contributed by atoms with Gasteiger partial charge in [0.25, 0.3) is 0 Å². The number of aromatic nitrogens is 3. The van der Waals surface area contributed by atoms with Gasteiger partial charge in [0.15, 0.2) is 5.96 Å². The van der Waals surface area contributed by atoms with E-state index in [0.29, 0.717) is 11.5 Å². The summed E-state index contributed by atoms with van der Waals surface area (Å²) in [5.74, 6) is 3.28. The van der Waals surface area contributed by atoms with Gasteiger partial charge < -0.3 is 15.2 Å². The van der Waals surface area contributed by atoms with Gasteiger partial charge in [0.1, 0.15) is 11.6 Å². The first-order valence-corrected chi connectivity index (χ1v) is 10.5. The molecule has 0 bridgehead atoms. The summed E-state index contributed by atoms with van der Waals surface area (Å²) in [5.41, 5.74) is 0.505. The molecule has 3 rings (SSSR count). The SMILES string of the molecule is CN=C(NCCCc1nnc2n1CCCCC2)NC1CCC(C)(C)CC1.I. The van der Waals surface area contributed by atoms with E-state index >= 15 is 0 Å². The number of fused-ring (bicyclic) bond motifs is 1. The third kappa shape index (κ3) is 6.61. The molecule has 0 amide bonds. The highest BCUT2D eigenvalue weighted by Gasteiger charge is 2.27. The summed E-state index contributed by atoms with van der Waals surface area (Å²) in [4.78, 5) is 4.40. The molecule has 0 spiro atoms. The molecule has 7 heteroatoms. The standard InChI is InChI=1S/C20H36N6.HI/c1-20(2)12-10-16(11-13-20)23-19(21-3)22-14-7-9-18-25-24-17-8-5-4-6-15-26(17)18;/h16H,4-15H2,1-3H3,(H2,21,22,23);1H. The van der Waals surface area contributed by atoms with Gasteiger partial charge in [0.2, 0.25) is 0 Å². The molecule has 2 aliphatic rings. The van der Waals surface area contributed by atoms with Gasteiger partial charge in [-0.1, -0.05) is 20.3 Å². The number of guanidine groups is 1. The molecule has 1 aliphatic carbocycles. The molecular formula is C20H37IN6. The maximum atomic E-state index is 4.42. The van der Waals surface area contributed by atoms with Crippen LogP contribution in [0, 0.1) is 5.41 Å². The molecule has 1 fully saturated rings. The summed E-state index contributed by atoms with van der Waals surface area (Å²) in [7, 11) is 1.86. The first-order valence-electron chi connectivity index (χ1n) is 10.5. The fourth-order valence-electron chi connectivity index (χ4n) is 4.12. The van der Waals surface area contributed by atoms with Gasteiger partial charge >= 0.3 is 0 Å². The summed E-state index contributed by atoms with van der Waals surface area (Å²) < 4.78 is 2.35. The lowest BCUT2D eigenvalue weighted by Crippen LogP contribution is -2.45. The van der Waals surface area contributed by atoms with Crippen LogP contribution in [-0.2, 0) is 19.4 Å². The van der Waals surface area contributed by atoms with Crippen molar-refractivity contribution in [1.82, 2.24) is 25.4 Å². The number of hydrogen-bond donors (Lipinski definition) is 2. The summed E-state index contributed by atoms with van der Waals surface area (Å²) in [6, 6.07) is 0.557. The fourth-order valence-corrected chi connectivity index (χ4v) is 4.12. The Kier molecular flexibility index (Phi) is 8.82. The number of rotatable bonds is 5. The van der Waals surface area contributed by atoms with E-state index in [1.54, 1.807) is 0 Å². The minimum absolute atomic E-state index is 0. The predicted octanol–water partition coefficient (Wildman–Crippen LogP) is 3.69. The molecule has 0 radical (unpaired) electrons. The van der Waals surface area contributed by atoms with Crippen molar-refractivity contribution < 1.29 is 0 Å². The minimum Gasteiger partial charge on any atom is -0.356 e. The summed E-state index contributed by atoms with van der Waals surface area (Å²) in [6.07, 6.45) is 12.0. The molecule has 154 valence electrons. The first kappa shape index (κ1) is 22.4. The van der Waals surface area contributed by atoms with Crippen LogP contribution < -0.4 is 10.6 Å². The quantitative estimate of drug-likeness (QED) is 0.287. The van der Waals surface area contributed by atoms with Crippen molar-refractivity contribution in [3.63, 3.8) is 0 Å². The van der Waals surface area contributed by atoms with Crippen molar-refractivity contribution in [1.29, 1.82) is 0 Å². The highest BCUT2D eigenvalue weighted by atomic mass is 127. The zero-order chi connectivity index (χ0) is 18.4. The van der Waals surface area contributed by atoms with Gasteiger partial charge in [-0.2, -0.15) is 0 Å². The van der Waals surface area contributed by atoms with Crippen molar-refractivity contribution in [3.05, 3.63) is 11.6 Å². The summed E-state index contributed by atoms with van der Waals surface area (Å²) in [5, 5.41) is 15.9. The number of aliphatic imine (C=N–C) groups is 1. The number of halogens is 1. The van der Waals surface area contributed by atoms with Gasteiger partial charge in [-0.3, -0.25) is 4.99 Å². The Bertz CT molecular complexity index is 600. The Labute approximate surface area is 181 Å². The second kappa shape index (κ2) is 10.6. The van der Waals surface area contributed by atoms with Crippen LogP contribution in [0.25, 0.3) is 0 Å². The Morgan fingerprint density at radius 2 is 1.96 bits per heavy atom. The average Bonchev–Trinajstić information content (AvgIpc) is 2.85. The number of nitrogens with one attached hydrogen (secondary N) is 2. The van der Waals surface area contributed by atoms with E-state index in [-0.39, 0.29) is 24.0 Å². The molecule has 0 aromatic carbocycles. The van der Waals surface area contributed by atoms with E-state index in [9.17, 15) is 0 Å². The number of aryl methyl sites for hydroxylation is 2. The fraction of sp³-hybridized carbons (Fsp3) is 0.850. The van der Waals surface area contributed by atoms with Crippen LogP contribution >= 0.6 is 24.0 Å². The van der Waals surface area contributed by atoms with Crippen LogP contribution in [0.15, 0.2) is 4.99 Å². The van der Waals surface area contributed by atoms with Crippen LogP contribution in [0.4, 0.5) is 0 Å². The largest absolute Gasteiger partial charge is 0.356 e. The molecule has 1 aromatic heterocycles. The lowest BCUT2D eigenvalue weighted by Gasteiger charge is -2.35. The maximum absolute atomic E-state index is 4.42. The highest BCUT2D eigenvalue weighted by Crippen LogP contribution is 2.34. The molecular weight excluding hydrogens is 451 g/mol. The third-order valence-electron chi connectivity index (χ3n) is 5.96. The molecule has 1 aliphatic heterocycles. The zero-order valence-corrected chi connectivity index (χ0v) is 19.6. The van der Waals surface area contributed by atoms with Crippen LogP contribution in [-0.4, -0.2) is 40.4 Å². The minimum atomic E-state index is 0. The molecule has 0 saturated heterocycles. The number of nitrogens with zero attached hydrogens (tertiary/aromatic N) is 4. The Balaban J connectivity index is 0.00000261. The molecule has 6 nitrogen and oxygen atoms in total. The maximum Gasteiger partial charge on any atom is 0.191 e. The van der Waals surface area contributed by atoms with Crippen molar-refractivity contribution in [3.8, 4) is 0 Å².